The SMILES string of the molecule is C[C@@H]1O[C@@H](O[C@H]2[C@H](O)[C@@H](O)[C@H](OC(=O)[C@]34CCC(C)(C)C[C@H]3C3=CC[C@@H]5[C@@]6(C)CC[C@H](O[C@@H]7O[C@H](CO)[C@@H](O)[C@H](O)[C@H]7O[C@@H]7OC[C@H](O)[C@H](O[C@@H]8O[C@H](CO)[C@@H](O)[C@H](O)[C@H]8O)[C@H]7O)C(C)(C)[C@@H]6CC[C@@]5(C)[C@]3(C)CC4)O[C@@H]2CO[C@H]2OC[C@@H](O)[C@@H](O)[C@H]2O)[C@H](O)[C@H](O)[C@H]1O. The Morgan fingerprint density at radius 1 is 0.500 bits per heavy atom. The van der Waals surface area contributed by atoms with Gasteiger partial charge in [-0.2, -0.15) is 0 Å². The molecule has 30 nitrogen and oxygen atoms in total. The zero-order chi connectivity index (χ0) is 68.4. The number of carbonyl (C=O) groups excluding carboxylic acids is 1. The second kappa shape index (κ2) is 27.5. The predicted octanol–water partition coefficient (Wildman–Crippen LogP) is -4.08. The van der Waals surface area contributed by atoms with Gasteiger partial charge in [0, 0.05) is 0 Å². The molecule has 11 aliphatic rings. The van der Waals surface area contributed by atoms with Gasteiger partial charge in [-0.15, -0.1) is 0 Å². The van der Waals surface area contributed by atoms with E-state index in [1.54, 1.807) is 0 Å². The summed E-state index contributed by atoms with van der Waals surface area (Å²) < 4.78 is 71.9. The molecule has 0 aromatic heterocycles. The first-order valence-corrected chi connectivity index (χ1v) is 33.5. The first kappa shape index (κ1) is 73.3. The van der Waals surface area contributed by atoms with Gasteiger partial charge in [0.2, 0.25) is 6.29 Å². The minimum Gasteiger partial charge on any atom is -0.432 e. The molecule has 6 aliphatic heterocycles. The van der Waals surface area contributed by atoms with Crippen LogP contribution in [0.1, 0.15) is 120 Å². The summed E-state index contributed by atoms with van der Waals surface area (Å²) in [6, 6.07) is 0. The van der Waals surface area contributed by atoms with Gasteiger partial charge >= 0.3 is 5.97 Å². The molecule has 4 saturated carbocycles. The molecule has 30 heteroatoms. The molecule has 6 saturated heterocycles. The number of hydrogen-bond acceptors (Lipinski definition) is 30. The number of hydrogen-bond donors (Lipinski definition) is 17. The summed E-state index contributed by atoms with van der Waals surface area (Å²) in [5.41, 5.74) is -1.75. The van der Waals surface area contributed by atoms with Crippen molar-refractivity contribution in [3.05, 3.63) is 11.6 Å². The molecule has 6 heterocycles. The summed E-state index contributed by atoms with van der Waals surface area (Å²) in [5.74, 6) is -0.783. The lowest BCUT2D eigenvalue weighted by Gasteiger charge is -2.71. The summed E-state index contributed by atoms with van der Waals surface area (Å²) in [5, 5.41) is 184. The summed E-state index contributed by atoms with van der Waals surface area (Å²) in [7, 11) is 0. The Hall–Kier alpha value is -1.91. The molecule has 94 heavy (non-hydrogen) atoms. The Bertz CT molecular complexity index is 2640. The Kier molecular flexibility index (Phi) is 21.4. The number of esters is 1. The van der Waals surface area contributed by atoms with Gasteiger partial charge in [0.15, 0.2) is 31.5 Å². The number of carbonyl (C=O) groups is 1. The lowest BCUT2D eigenvalue weighted by Crippen LogP contribution is -2.67. The second-order valence-corrected chi connectivity index (χ2v) is 31.0. The molecule has 0 bridgehead atoms. The minimum atomic E-state index is -1.96. The highest BCUT2D eigenvalue weighted by Crippen LogP contribution is 2.76. The van der Waals surface area contributed by atoms with Gasteiger partial charge in [-0.1, -0.05) is 60.1 Å². The van der Waals surface area contributed by atoms with Crippen LogP contribution in [-0.2, 0) is 61.6 Å². The van der Waals surface area contributed by atoms with Crippen LogP contribution >= 0.6 is 0 Å². The number of fused-ring (bicyclic) bond motifs is 7. The van der Waals surface area contributed by atoms with Crippen molar-refractivity contribution < 1.29 is 148 Å². The summed E-state index contributed by atoms with van der Waals surface area (Å²) in [6.45, 7) is 14.1. The number of rotatable bonds is 15. The summed E-state index contributed by atoms with van der Waals surface area (Å²) in [4.78, 5) is 15.5. The van der Waals surface area contributed by atoms with Crippen molar-refractivity contribution in [1.29, 1.82) is 0 Å². The van der Waals surface area contributed by atoms with Crippen LogP contribution in [0.15, 0.2) is 11.6 Å². The molecule has 0 spiro atoms. The van der Waals surface area contributed by atoms with Crippen molar-refractivity contribution in [3.63, 3.8) is 0 Å². The van der Waals surface area contributed by atoms with E-state index in [1.807, 2.05) is 0 Å². The van der Waals surface area contributed by atoms with E-state index in [2.05, 4.69) is 54.5 Å². The van der Waals surface area contributed by atoms with E-state index in [1.165, 1.54) is 12.5 Å². The van der Waals surface area contributed by atoms with Crippen molar-refractivity contribution in [1.82, 2.24) is 0 Å². The van der Waals surface area contributed by atoms with E-state index in [9.17, 15) is 86.8 Å². The third kappa shape index (κ3) is 12.6. The van der Waals surface area contributed by atoms with Gasteiger partial charge in [-0.05, 0) is 116 Å². The normalized spacial score (nSPS) is 54.2. The number of ether oxygens (including phenoxy) is 12. The van der Waals surface area contributed by atoms with Crippen LogP contribution in [0, 0.1) is 50.2 Å². The van der Waals surface area contributed by atoms with Gasteiger partial charge in [0.25, 0.3) is 0 Å². The molecular formula is C64H104O30. The zero-order valence-electron chi connectivity index (χ0n) is 54.6. The monoisotopic (exact) mass is 1350 g/mol. The minimum absolute atomic E-state index is 0.0404. The molecule has 36 atom stereocenters. The molecule has 0 amide bonds. The van der Waals surface area contributed by atoms with Crippen LogP contribution in [0.3, 0.4) is 0 Å². The highest BCUT2D eigenvalue weighted by molar-refractivity contribution is 5.79. The van der Waals surface area contributed by atoms with Crippen LogP contribution in [0.4, 0.5) is 0 Å². The smallest absolute Gasteiger partial charge is 0.315 e. The molecule has 0 unspecified atom stereocenters. The fourth-order valence-electron chi connectivity index (χ4n) is 18.8. The van der Waals surface area contributed by atoms with E-state index >= 15 is 4.79 Å². The third-order valence-corrected chi connectivity index (χ3v) is 24.8. The molecule has 5 aliphatic carbocycles. The van der Waals surface area contributed by atoms with Crippen molar-refractivity contribution >= 4 is 5.97 Å². The lowest BCUT2D eigenvalue weighted by molar-refractivity contribution is -0.382. The number of aliphatic hydroxyl groups is 17. The molecule has 0 aromatic carbocycles. The van der Waals surface area contributed by atoms with E-state index in [4.69, 9.17) is 56.8 Å². The maximum atomic E-state index is 15.5. The molecule has 0 aromatic rings. The van der Waals surface area contributed by atoms with Crippen molar-refractivity contribution in [2.75, 3.05) is 33.0 Å². The molecule has 540 valence electrons. The standard InChI is InChI=1S/C64H104O30/c1-25-36(69)40(73)45(78)54(86-25)92-50-32(24-85-52-44(77)37(70)28(67)22-83-52)89-56(47(80)43(50)76)94-58(82)64-17-15-59(2,3)19-27(64)26-9-10-34-61(6)13-12-35(60(4,5)33(61)11-14-63(34,8)62(26,7)16-18-64)90-57-51(42(75)39(72)31(21-66)88-57)93-53-48(81)49(29(68)23-84-53)91-55-46(79)41(74)38(71)30(20-65)87-55/h9,25,27-57,65-81H,10-24H2,1-8H3/t25-,27-,28+,29-,30+,31+,32+,33-,34+,35-,36-,37+,38+,39+,40+,41-,42-,43+,44+,45+,46+,47+,48+,49-,50+,51+,52+,53-,54-,55-,56-,57-,61-,62+,63+,64-/m0/s1. The van der Waals surface area contributed by atoms with E-state index in [-0.39, 0.29) is 34.0 Å². The van der Waals surface area contributed by atoms with Crippen molar-refractivity contribution in [3.8, 4) is 0 Å². The quantitative estimate of drug-likeness (QED) is 0.0421. The van der Waals surface area contributed by atoms with Crippen molar-refractivity contribution in [2.45, 2.75) is 298 Å². The first-order valence-electron chi connectivity index (χ1n) is 33.5. The van der Waals surface area contributed by atoms with Gasteiger partial charge in [0.05, 0.1) is 50.7 Å². The van der Waals surface area contributed by atoms with Crippen LogP contribution in [-0.4, -0.2) is 304 Å². The fraction of sp³-hybridized carbons (Fsp3) is 0.953. The Balaban J connectivity index is 0.807. The van der Waals surface area contributed by atoms with Gasteiger partial charge < -0.3 is 144 Å². The van der Waals surface area contributed by atoms with Gasteiger partial charge in [-0.3, -0.25) is 4.79 Å². The lowest BCUT2D eigenvalue weighted by atomic mass is 9.33. The van der Waals surface area contributed by atoms with Gasteiger partial charge in [0.1, 0.15) is 128 Å². The number of allylic oxidation sites excluding steroid dienone is 2. The van der Waals surface area contributed by atoms with E-state index < -0.39 is 233 Å². The van der Waals surface area contributed by atoms with Crippen LogP contribution in [0.2, 0.25) is 0 Å². The Morgan fingerprint density at radius 3 is 1.73 bits per heavy atom. The fourth-order valence-corrected chi connectivity index (χ4v) is 18.8. The third-order valence-electron chi connectivity index (χ3n) is 24.8. The maximum absolute atomic E-state index is 15.5. The summed E-state index contributed by atoms with van der Waals surface area (Å²) in [6.07, 6.45) is -38.1. The average molecular weight is 1350 g/mol. The highest BCUT2D eigenvalue weighted by atomic mass is 16.8. The van der Waals surface area contributed by atoms with Crippen LogP contribution in [0.5, 0.6) is 0 Å². The molecule has 11 rings (SSSR count). The van der Waals surface area contributed by atoms with Crippen LogP contribution in [0.25, 0.3) is 0 Å². The molecule has 10 fully saturated rings. The Morgan fingerprint density at radius 2 is 1.05 bits per heavy atom. The maximum Gasteiger partial charge on any atom is 0.315 e. The number of aliphatic hydroxyl groups excluding tert-OH is 17. The molecule has 17 N–H and O–H groups in total. The topological polar surface area (TPSA) is 472 Å². The van der Waals surface area contributed by atoms with Crippen molar-refractivity contribution in [2.24, 2.45) is 50.2 Å². The zero-order valence-corrected chi connectivity index (χ0v) is 54.6. The summed E-state index contributed by atoms with van der Waals surface area (Å²) >= 11 is 0. The largest absolute Gasteiger partial charge is 0.432 e. The van der Waals surface area contributed by atoms with Gasteiger partial charge in [-0.25, -0.2) is 0 Å². The molecular weight excluding hydrogens is 1250 g/mol. The van der Waals surface area contributed by atoms with Crippen LogP contribution < -0.4 is 0 Å². The predicted molar refractivity (Wildman–Crippen MR) is 315 cm³/mol. The highest BCUT2D eigenvalue weighted by Gasteiger charge is 2.71. The second-order valence-electron chi connectivity index (χ2n) is 31.0. The average Bonchev–Trinajstić information content (AvgIpc) is 0.676. The Labute approximate surface area is 545 Å². The first-order chi connectivity index (χ1) is 44.1. The van der Waals surface area contributed by atoms with E-state index in [0.29, 0.717) is 51.4 Å². The van der Waals surface area contributed by atoms with E-state index in [0.717, 1.165) is 12.8 Å². The molecule has 0 radical (unpaired) electrons.